The van der Waals surface area contributed by atoms with E-state index in [9.17, 15) is 5.11 Å². The first-order valence-electron chi connectivity index (χ1n) is 8.26. The van der Waals surface area contributed by atoms with Crippen LogP contribution in [0.15, 0.2) is 0 Å². The van der Waals surface area contributed by atoms with E-state index in [1.165, 1.54) is 19.3 Å². The molecule has 1 heterocycles. The van der Waals surface area contributed by atoms with Crippen molar-refractivity contribution < 1.29 is 14.6 Å². The van der Waals surface area contributed by atoms with E-state index in [1.54, 1.807) is 0 Å². The molecule has 20 heavy (non-hydrogen) atoms. The Balaban J connectivity index is 1.52. The zero-order chi connectivity index (χ0) is 14.4. The van der Waals surface area contributed by atoms with Gasteiger partial charge in [-0.05, 0) is 43.9 Å². The van der Waals surface area contributed by atoms with Gasteiger partial charge in [0, 0.05) is 19.2 Å². The summed E-state index contributed by atoms with van der Waals surface area (Å²) in [4.78, 5) is 0. The van der Waals surface area contributed by atoms with Crippen LogP contribution < -0.4 is 5.32 Å². The molecule has 118 valence electrons. The van der Waals surface area contributed by atoms with Gasteiger partial charge in [0.1, 0.15) is 0 Å². The van der Waals surface area contributed by atoms with Crippen molar-refractivity contribution in [2.24, 2.45) is 11.8 Å². The monoisotopic (exact) mass is 285 g/mol. The molecule has 5 atom stereocenters. The van der Waals surface area contributed by atoms with Gasteiger partial charge >= 0.3 is 0 Å². The molecule has 0 bridgehead atoms. The average molecular weight is 285 g/mol. The fraction of sp³-hybridized carbons (Fsp3) is 1.00. The van der Waals surface area contributed by atoms with Crippen LogP contribution in [0.2, 0.25) is 0 Å². The molecular weight excluding hydrogens is 254 g/mol. The molecule has 0 spiro atoms. The maximum absolute atomic E-state index is 9.94. The molecule has 4 heteroatoms. The Morgan fingerprint density at radius 1 is 1.25 bits per heavy atom. The van der Waals surface area contributed by atoms with E-state index in [1.807, 2.05) is 0 Å². The molecule has 0 aromatic rings. The summed E-state index contributed by atoms with van der Waals surface area (Å²) in [6.45, 7) is 7.20. The molecule has 1 saturated heterocycles. The number of aliphatic hydroxyl groups is 1. The van der Waals surface area contributed by atoms with Crippen molar-refractivity contribution >= 4 is 0 Å². The Kier molecular flexibility index (Phi) is 6.75. The summed E-state index contributed by atoms with van der Waals surface area (Å²) in [7, 11) is 0. The summed E-state index contributed by atoms with van der Waals surface area (Å²) in [6.07, 6.45) is 5.81. The fourth-order valence-electron chi connectivity index (χ4n) is 3.21. The first kappa shape index (κ1) is 16.2. The molecule has 0 radical (unpaired) electrons. The summed E-state index contributed by atoms with van der Waals surface area (Å²) in [5.74, 6) is 1.63. The summed E-state index contributed by atoms with van der Waals surface area (Å²) in [5.41, 5.74) is 0. The van der Waals surface area contributed by atoms with E-state index in [4.69, 9.17) is 9.47 Å². The minimum Gasteiger partial charge on any atom is -0.389 e. The molecule has 1 saturated carbocycles. The Bertz CT molecular complexity index is 268. The molecule has 2 N–H and O–H groups in total. The third-order valence-electron chi connectivity index (χ3n) is 4.88. The molecular formula is C16H31NO3. The SMILES string of the molecule is CC1CCC(NCC(O)COCC2CCCO2)CC1C. The molecule has 1 aliphatic carbocycles. The van der Waals surface area contributed by atoms with Gasteiger partial charge in [-0.2, -0.15) is 0 Å². The maximum atomic E-state index is 9.94. The van der Waals surface area contributed by atoms with E-state index in [2.05, 4.69) is 19.2 Å². The van der Waals surface area contributed by atoms with E-state index in [-0.39, 0.29) is 6.10 Å². The molecule has 2 aliphatic rings. The van der Waals surface area contributed by atoms with Gasteiger partial charge in [-0.25, -0.2) is 0 Å². The summed E-state index contributed by atoms with van der Waals surface area (Å²) >= 11 is 0. The van der Waals surface area contributed by atoms with Crippen LogP contribution >= 0.6 is 0 Å². The lowest BCUT2D eigenvalue weighted by Crippen LogP contribution is -2.41. The molecule has 0 amide bonds. The van der Waals surface area contributed by atoms with Crippen molar-refractivity contribution in [3.63, 3.8) is 0 Å². The molecule has 5 unspecified atom stereocenters. The first-order valence-corrected chi connectivity index (χ1v) is 8.26. The van der Waals surface area contributed by atoms with Gasteiger partial charge in [0.15, 0.2) is 0 Å². The molecule has 2 fully saturated rings. The highest BCUT2D eigenvalue weighted by molar-refractivity contribution is 4.80. The Morgan fingerprint density at radius 2 is 2.10 bits per heavy atom. The smallest absolute Gasteiger partial charge is 0.0897 e. The lowest BCUT2D eigenvalue weighted by atomic mass is 9.79. The summed E-state index contributed by atoms with van der Waals surface area (Å²) in [5, 5.41) is 13.4. The number of ether oxygens (including phenoxy) is 2. The lowest BCUT2D eigenvalue weighted by Gasteiger charge is -2.33. The van der Waals surface area contributed by atoms with Gasteiger partial charge < -0.3 is 19.9 Å². The fourth-order valence-corrected chi connectivity index (χ4v) is 3.21. The van der Waals surface area contributed by atoms with Gasteiger partial charge in [-0.15, -0.1) is 0 Å². The van der Waals surface area contributed by atoms with Gasteiger partial charge in [0.05, 0.1) is 25.4 Å². The Hall–Kier alpha value is -0.160. The number of hydrogen-bond acceptors (Lipinski definition) is 4. The van der Waals surface area contributed by atoms with Crippen LogP contribution in [0.3, 0.4) is 0 Å². The van der Waals surface area contributed by atoms with Gasteiger partial charge in [0.25, 0.3) is 0 Å². The third-order valence-corrected chi connectivity index (χ3v) is 4.88. The van der Waals surface area contributed by atoms with Crippen molar-refractivity contribution in [1.82, 2.24) is 5.32 Å². The van der Waals surface area contributed by atoms with Crippen LogP contribution in [0, 0.1) is 11.8 Å². The lowest BCUT2D eigenvalue weighted by molar-refractivity contribution is -0.0174. The highest BCUT2D eigenvalue weighted by Crippen LogP contribution is 2.29. The number of hydrogen-bond donors (Lipinski definition) is 2. The van der Waals surface area contributed by atoms with Gasteiger partial charge in [-0.1, -0.05) is 13.8 Å². The first-order chi connectivity index (χ1) is 9.65. The third kappa shape index (κ3) is 5.32. The quantitative estimate of drug-likeness (QED) is 0.751. The van der Waals surface area contributed by atoms with E-state index < -0.39 is 6.10 Å². The van der Waals surface area contributed by atoms with Crippen LogP contribution in [0.4, 0.5) is 0 Å². The highest BCUT2D eigenvalue weighted by Gasteiger charge is 2.24. The van der Waals surface area contributed by atoms with Crippen molar-refractivity contribution in [2.45, 2.75) is 64.2 Å². The van der Waals surface area contributed by atoms with E-state index in [0.29, 0.717) is 25.8 Å². The normalized spacial score (nSPS) is 36.1. The molecule has 1 aliphatic heterocycles. The second-order valence-electron chi connectivity index (χ2n) is 6.70. The number of nitrogens with one attached hydrogen (secondary N) is 1. The maximum Gasteiger partial charge on any atom is 0.0897 e. The van der Waals surface area contributed by atoms with Crippen LogP contribution in [-0.2, 0) is 9.47 Å². The van der Waals surface area contributed by atoms with E-state index >= 15 is 0 Å². The predicted octanol–water partition coefficient (Wildman–Crippen LogP) is 1.96. The van der Waals surface area contributed by atoms with Gasteiger partial charge in [0.2, 0.25) is 0 Å². The minimum atomic E-state index is -0.411. The van der Waals surface area contributed by atoms with E-state index in [0.717, 1.165) is 31.3 Å². The molecule has 4 nitrogen and oxygen atoms in total. The zero-order valence-electron chi connectivity index (χ0n) is 13.0. The average Bonchev–Trinajstić information content (AvgIpc) is 2.93. The highest BCUT2D eigenvalue weighted by atomic mass is 16.5. The number of aliphatic hydroxyl groups excluding tert-OH is 1. The van der Waals surface area contributed by atoms with Crippen LogP contribution in [0.5, 0.6) is 0 Å². The van der Waals surface area contributed by atoms with Crippen LogP contribution in [0.25, 0.3) is 0 Å². The predicted molar refractivity (Wildman–Crippen MR) is 79.8 cm³/mol. The molecule has 0 aromatic carbocycles. The van der Waals surface area contributed by atoms with Crippen molar-refractivity contribution in [3.05, 3.63) is 0 Å². The van der Waals surface area contributed by atoms with Crippen molar-refractivity contribution in [3.8, 4) is 0 Å². The second-order valence-corrected chi connectivity index (χ2v) is 6.70. The minimum absolute atomic E-state index is 0.246. The summed E-state index contributed by atoms with van der Waals surface area (Å²) in [6, 6.07) is 0.564. The van der Waals surface area contributed by atoms with Crippen molar-refractivity contribution in [1.29, 1.82) is 0 Å². The van der Waals surface area contributed by atoms with Crippen LogP contribution in [-0.4, -0.2) is 49.7 Å². The Morgan fingerprint density at radius 3 is 2.80 bits per heavy atom. The Labute approximate surface area is 123 Å². The second kappa shape index (κ2) is 8.32. The molecule has 0 aromatic heterocycles. The van der Waals surface area contributed by atoms with Crippen molar-refractivity contribution in [2.75, 3.05) is 26.4 Å². The largest absolute Gasteiger partial charge is 0.389 e. The standard InChI is InChI=1S/C16H31NO3/c1-12-5-6-14(8-13(12)2)17-9-15(18)10-19-11-16-4-3-7-20-16/h12-18H,3-11H2,1-2H3. The topological polar surface area (TPSA) is 50.7 Å². The molecule has 2 rings (SSSR count). The van der Waals surface area contributed by atoms with Crippen LogP contribution in [0.1, 0.15) is 46.0 Å². The zero-order valence-corrected chi connectivity index (χ0v) is 13.0. The number of rotatable bonds is 7. The summed E-state index contributed by atoms with van der Waals surface area (Å²) < 4.78 is 11.0. The van der Waals surface area contributed by atoms with Gasteiger partial charge in [-0.3, -0.25) is 0 Å².